The third-order valence-electron chi connectivity index (χ3n) is 3.02. The van der Waals surface area contributed by atoms with Crippen molar-refractivity contribution in [2.45, 2.75) is 0 Å². The van der Waals surface area contributed by atoms with Gasteiger partial charge in [0.15, 0.2) is 0 Å². The SMILES string of the molecule is Oc1c(F)c(F)[c]([Hg][c]2c(F)c(F)c(O)c(F)c2F)c(F)c1F. The van der Waals surface area contributed by atoms with Crippen LogP contribution in [0, 0.1) is 46.5 Å². The van der Waals surface area contributed by atoms with Crippen molar-refractivity contribution in [3.63, 3.8) is 0 Å². The van der Waals surface area contributed by atoms with E-state index < -0.39 is 88.8 Å². The van der Waals surface area contributed by atoms with Crippen molar-refractivity contribution in [1.29, 1.82) is 0 Å². The molecule has 0 saturated carbocycles. The summed E-state index contributed by atoms with van der Waals surface area (Å²) in [5.74, 6) is -21.1. The van der Waals surface area contributed by atoms with E-state index in [0.717, 1.165) is 0 Å². The summed E-state index contributed by atoms with van der Waals surface area (Å²) in [6, 6.07) is 0. The van der Waals surface area contributed by atoms with Gasteiger partial charge in [-0.2, -0.15) is 0 Å². The van der Waals surface area contributed by atoms with Crippen LogP contribution in [0.3, 0.4) is 0 Å². The molecule has 0 aromatic heterocycles. The van der Waals surface area contributed by atoms with E-state index in [4.69, 9.17) is 10.2 Å². The molecule has 120 valence electrons. The number of hydrogen-bond acceptors (Lipinski definition) is 2. The molecular formula is C12H2F8HgO2. The first-order valence-corrected chi connectivity index (χ1v) is 11.2. The molecule has 11 heteroatoms. The summed E-state index contributed by atoms with van der Waals surface area (Å²) in [7, 11) is 0. The fourth-order valence-electron chi connectivity index (χ4n) is 1.82. The van der Waals surface area contributed by atoms with E-state index in [-0.39, 0.29) is 0 Å². The molecule has 2 nitrogen and oxygen atoms in total. The van der Waals surface area contributed by atoms with Gasteiger partial charge in [0, 0.05) is 0 Å². The fourth-order valence-corrected chi connectivity index (χ4v) is 8.02. The van der Waals surface area contributed by atoms with E-state index in [0.29, 0.717) is 0 Å². The standard InChI is InChI=1S/2C6HF4O.Hg/c2*7-2-1-3(8)5(10)6(11)4(2)9;/h2*11H;. The first-order valence-electron chi connectivity index (χ1n) is 5.67. The first-order chi connectivity index (χ1) is 10.6. The Balaban J connectivity index is 2.71. The monoisotopic (exact) mass is 532 g/mol. The van der Waals surface area contributed by atoms with Crippen molar-refractivity contribution in [3.8, 4) is 11.5 Å². The molecule has 0 heterocycles. The zero-order valence-electron chi connectivity index (χ0n) is 10.6. The second-order valence-corrected chi connectivity index (χ2v) is 11.2. The first kappa shape index (κ1) is 17.8. The van der Waals surface area contributed by atoms with E-state index >= 15 is 0 Å². The van der Waals surface area contributed by atoms with Crippen molar-refractivity contribution in [2.24, 2.45) is 0 Å². The molecule has 0 bridgehead atoms. The summed E-state index contributed by atoms with van der Waals surface area (Å²) in [5, 5.41) is 17.6. The summed E-state index contributed by atoms with van der Waals surface area (Å²) in [6.07, 6.45) is 0. The predicted octanol–water partition coefficient (Wildman–Crippen LogP) is 2.24. The second-order valence-electron chi connectivity index (χ2n) is 4.34. The minimum absolute atomic E-state index is 1.39. The Labute approximate surface area is 134 Å². The summed E-state index contributed by atoms with van der Waals surface area (Å²) < 4.78 is 104. The van der Waals surface area contributed by atoms with Gasteiger partial charge in [-0.3, -0.25) is 0 Å². The molecule has 0 aliphatic rings. The third kappa shape index (κ3) is 2.72. The normalized spacial score (nSPS) is 10.8. The van der Waals surface area contributed by atoms with Crippen molar-refractivity contribution < 1.29 is 69.9 Å². The Hall–Kier alpha value is -1.58. The zero-order valence-corrected chi connectivity index (χ0v) is 16.1. The van der Waals surface area contributed by atoms with Crippen LogP contribution in [0.15, 0.2) is 0 Å². The van der Waals surface area contributed by atoms with Crippen LogP contribution in [0.4, 0.5) is 35.1 Å². The van der Waals surface area contributed by atoms with E-state index in [9.17, 15) is 35.1 Å². The van der Waals surface area contributed by atoms with Crippen LogP contribution < -0.4 is 6.14 Å². The molecule has 0 unspecified atom stereocenters. The van der Waals surface area contributed by atoms with Crippen molar-refractivity contribution in [2.75, 3.05) is 0 Å². The third-order valence-corrected chi connectivity index (χ3v) is 10.6. The quantitative estimate of drug-likeness (QED) is 0.355. The van der Waals surface area contributed by atoms with Crippen molar-refractivity contribution in [3.05, 3.63) is 46.5 Å². The van der Waals surface area contributed by atoms with E-state index in [2.05, 4.69) is 0 Å². The minimum atomic E-state index is -4.06. The van der Waals surface area contributed by atoms with Crippen LogP contribution in [0.5, 0.6) is 11.5 Å². The molecule has 2 aromatic carbocycles. The van der Waals surface area contributed by atoms with Crippen LogP contribution >= 0.6 is 0 Å². The average Bonchev–Trinajstić information content (AvgIpc) is 2.54. The molecule has 2 aromatic rings. The van der Waals surface area contributed by atoms with Gasteiger partial charge in [0.2, 0.25) is 0 Å². The van der Waals surface area contributed by atoms with Gasteiger partial charge in [-0.1, -0.05) is 0 Å². The van der Waals surface area contributed by atoms with Gasteiger partial charge in [0.25, 0.3) is 0 Å². The topological polar surface area (TPSA) is 40.5 Å². The second kappa shape index (κ2) is 6.14. The molecule has 2 N–H and O–H groups in total. The number of phenolic OH excluding ortho intramolecular Hbond substituents is 2. The molecule has 0 fully saturated rings. The predicted molar refractivity (Wildman–Crippen MR) is 55.1 cm³/mol. The van der Waals surface area contributed by atoms with Crippen molar-refractivity contribution >= 4 is 6.14 Å². The summed E-state index contributed by atoms with van der Waals surface area (Å²) in [5.41, 5.74) is 0. The van der Waals surface area contributed by atoms with E-state index in [1.165, 1.54) is 0 Å². The van der Waals surface area contributed by atoms with Crippen LogP contribution in [-0.4, -0.2) is 10.2 Å². The van der Waals surface area contributed by atoms with Gasteiger partial charge >= 0.3 is 134 Å². The molecule has 23 heavy (non-hydrogen) atoms. The van der Waals surface area contributed by atoms with E-state index in [1.807, 2.05) is 0 Å². The Bertz CT molecular complexity index is 698. The van der Waals surface area contributed by atoms with Gasteiger partial charge in [0.05, 0.1) is 0 Å². The number of aromatic hydroxyl groups is 2. The molecule has 0 aliphatic heterocycles. The van der Waals surface area contributed by atoms with Gasteiger partial charge in [-0.05, 0) is 0 Å². The molecule has 0 spiro atoms. The van der Waals surface area contributed by atoms with Crippen LogP contribution in [0.2, 0.25) is 0 Å². The molecule has 2 rings (SSSR count). The molecule has 0 radical (unpaired) electrons. The maximum absolute atomic E-state index is 13.6. The molecule has 0 atom stereocenters. The molecule has 0 aliphatic carbocycles. The Kier molecular flexibility index (Phi) is 4.74. The summed E-state index contributed by atoms with van der Waals surface area (Å²) in [6.45, 7) is 0. The number of hydrogen-bond donors (Lipinski definition) is 2. The summed E-state index contributed by atoms with van der Waals surface area (Å²) in [4.78, 5) is 0. The maximum atomic E-state index is 13.6. The van der Waals surface area contributed by atoms with Crippen LogP contribution in [-0.2, 0) is 24.6 Å². The molecule has 0 amide bonds. The van der Waals surface area contributed by atoms with Gasteiger partial charge in [0.1, 0.15) is 0 Å². The zero-order chi connectivity index (χ0) is 17.6. The van der Waals surface area contributed by atoms with Gasteiger partial charge in [-0.25, -0.2) is 0 Å². The number of halogens is 8. The molecular weight excluding hydrogens is 529 g/mol. The van der Waals surface area contributed by atoms with Gasteiger partial charge < -0.3 is 0 Å². The van der Waals surface area contributed by atoms with Crippen LogP contribution in [0.25, 0.3) is 0 Å². The average molecular weight is 531 g/mol. The Morgan fingerprint density at radius 1 is 0.435 bits per heavy atom. The number of benzene rings is 2. The van der Waals surface area contributed by atoms with Gasteiger partial charge in [-0.15, -0.1) is 0 Å². The Morgan fingerprint density at radius 2 is 0.652 bits per heavy atom. The number of phenols is 2. The van der Waals surface area contributed by atoms with Crippen LogP contribution in [0.1, 0.15) is 0 Å². The fraction of sp³-hybridized carbons (Fsp3) is 0. The Morgan fingerprint density at radius 3 is 0.870 bits per heavy atom. The summed E-state index contributed by atoms with van der Waals surface area (Å²) >= 11 is -4.06. The van der Waals surface area contributed by atoms with Crippen molar-refractivity contribution in [1.82, 2.24) is 0 Å². The van der Waals surface area contributed by atoms with E-state index in [1.54, 1.807) is 0 Å². The molecule has 0 saturated heterocycles. The number of rotatable bonds is 2.